The lowest BCUT2D eigenvalue weighted by molar-refractivity contribution is 0.123. The molecule has 0 aromatic heterocycles. The first-order valence-electron chi connectivity index (χ1n) is 9.04. The summed E-state index contributed by atoms with van der Waals surface area (Å²) in [5.41, 5.74) is 1.18. The molecule has 2 N–H and O–H groups in total. The summed E-state index contributed by atoms with van der Waals surface area (Å²) in [6.07, 6.45) is 3.67. The molecule has 0 atom stereocenters. The third-order valence-corrected chi connectivity index (χ3v) is 3.97. The molecule has 140 valence electrons. The van der Waals surface area contributed by atoms with Crippen molar-refractivity contribution in [3.8, 4) is 5.75 Å². The predicted molar refractivity (Wildman–Crippen MR) is 100 cm³/mol. The Balaban J connectivity index is 1.57. The maximum atomic E-state index is 5.63. The van der Waals surface area contributed by atoms with Crippen LogP contribution in [0.5, 0.6) is 5.75 Å². The minimum absolute atomic E-state index is 0.565. The average Bonchev–Trinajstić information content (AvgIpc) is 3.46. The molecule has 1 fully saturated rings. The van der Waals surface area contributed by atoms with Crippen LogP contribution in [0.4, 0.5) is 0 Å². The molecule has 0 unspecified atom stereocenters. The van der Waals surface area contributed by atoms with Gasteiger partial charge in [-0.05, 0) is 42.9 Å². The largest absolute Gasteiger partial charge is 0.491 e. The van der Waals surface area contributed by atoms with Crippen LogP contribution in [-0.2, 0) is 16.0 Å². The van der Waals surface area contributed by atoms with Crippen LogP contribution in [0, 0.1) is 5.92 Å². The van der Waals surface area contributed by atoms with Gasteiger partial charge in [0, 0.05) is 40.5 Å². The molecule has 0 aliphatic heterocycles. The van der Waals surface area contributed by atoms with E-state index < -0.39 is 0 Å². The van der Waals surface area contributed by atoms with E-state index in [1.165, 1.54) is 18.4 Å². The first-order chi connectivity index (χ1) is 12.3. The first kappa shape index (κ1) is 19.5. The van der Waals surface area contributed by atoms with E-state index in [1.54, 1.807) is 14.2 Å². The molecule has 6 nitrogen and oxygen atoms in total. The summed E-state index contributed by atoms with van der Waals surface area (Å²) >= 11 is 0. The van der Waals surface area contributed by atoms with Crippen LogP contribution in [0.15, 0.2) is 29.3 Å². The summed E-state index contributed by atoms with van der Waals surface area (Å²) in [7, 11) is 3.45. The summed E-state index contributed by atoms with van der Waals surface area (Å²) in [5, 5.41) is 6.62. The quantitative estimate of drug-likeness (QED) is 0.344. The second-order valence-electron chi connectivity index (χ2n) is 6.21. The monoisotopic (exact) mass is 349 g/mol. The van der Waals surface area contributed by atoms with Crippen molar-refractivity contribution < 1.29 is 14.2 Å². The van der Waals surface area contributed by atoms with E-state index in [4.69, 9.17) is 14.2 Å². The molecule has 1 aromatic rings. The zero-order valence-corrected chi connectivity index (χ0v) is 15.4. The van der Waals surface area contributed by atoms with Crippen molar-refractivity contribution in [3.05, 3.63) is 29.8 Å². The minimum atomic E-state index is 0.565. The summed E-state index contributed by atoms with van der Waals surface area (Å²) in [5.74, 6) is 2.50. The lowest BCUT2D eigenvalue weighted by atomic mass is 10.2. The molecule has 0 radical (unpaired) electrons. The molecule has 1 aliphatic carbocycles. The van der Waals surface area contributed by atoms with Crippen molar-refractivity contribution in [2.24, 2.45) is 10.9 Å². The normalized spacial score (nSPS) is 14.4. The van der Waals surface area contributed by atoms with Gasteiger partial charge in [0.05, 0.1) is 6.61 Å². The summed E-state index contributed by atoms with van der Waals surface area (Å²) in [6.45, 7) is 4.47. The predicted octanol–water partition coefficient (Wildman–Crippen LogP) is 2.19. The Morgan fingerprint density at radius 1 is 1.12 bits per heavy atom. The van der Waals surface area contributed by atoms with E-state index >= 15 is 0 Å². The van der Waals surface area contributed by atoms with Crippen molar-refractivity contribution in [3.63, 3.8) is 0 Å². The SMILES string of the molecule is CN=C(NCCCOCC1CC1)NCc1ccc(OCCOC)cc1. The third-order valence-electron chi connectivity index (χ3n) is 3.97. The van der Waals surface area contributed by atoms with Gasteiger partial charge in [-0.15, -0.1) is 0 Å². The zero-order chi connectivity index (χ0) is 17.7. The highest BCUT2D eigenvalue weighted by molar-refractivity contribution is 5.79. The highest BCUT2D eigenvalue weighted by Gasteiger charge is 2.20. The van der Waals surface area contributed by atoms with Crippen LogP contribution >= 0.6 is 0 Å². The van der Waals surface area contributed by atoms with Gasteiger partial charge in [0.15, 0.2) is 5.96 Å². The van der Waals surface area contributed by atoms with Gasteiger partial charge in [-0.2, -0.15) is 0 Å². The molecule has 0 heterocycles. The molecule has 1 aliphatic rings. The van der Waals surface area contributed by atoms with Crippen molar-refractivity contribution in [1.82, 2.24) is 10.6 Å². The van der Waals surface area contributed by atoms with Crippen molar-refractivity contribution >= 4 is 5.96 Å². The molecular formula is C19H31N3O3. The van der Waals surface area contributed by atoms with Gasteiger partial charge < -0.3 is 24.8 Å². The molecule has 0 amide bonds. The summed E-state index contributed by atoms with van der Waals surface area (Å²) in [4.78, 5) is 4.24. The second-order valence-corrected chi connectivity index (χ2v) is 6.21. The second kappa shape index (κ2) is 11.7. The Bertz CT molecular complexity index is 501. The molecular weight excluding hydrogens is 318 g/mol. The van der Waals surface area contributed by atoms with Gasteiger partial charge >= 0.3 is 0 Å². The number of hydrogen-bond donors (Lipinski definition) is 2. The Morgan fingerprint density at radius 3 is 2.60 bits per heavy atom. The standard InChI is InChI=1S/C19H31N3O3/c1-20-19(21-10-3-11-24-15-17-4-5-17)22-14-16-6-8-18(9-7-16)25-13-12-23-2/h6-9,17H,3-5,10-15H2,1-2H3,(H2,20,21,22). The number of guanidine groups is 1. The molecule has 0 saturated heterocycles. The topological polar surface area (TPSA) is 64.1 Å². The van der Waals surface area contributed by atoms with Gasteiger partial charge in [0.2, 0.25) is 0 Å². The number of methoxy groups -OCH3 is 1. The number of aliphatic imine (C=N–C) groups is 1. The maximum absolute atomic E-state index is 5.63. The Morgan fingerprint density at radius 2 is 1.92 bits per heavy atom. The van der Waals surface area contributed by atoms with Crippen LogP contribution in [-0.4, -0.2) is 53.1 Å². The van der Waals surface area contributed by atoms with E-state index in [2.05, 4.69) is 15.6 Å². The van der Waals surface area contributed by atoms with Crippen molar-refractivity contribution in [2.75, 3.05) is 47.1 Å². The molecule has 6 heteroatoms. The molecule has 25 heavy (non-hydrogen) atoms. The van der Waals surface area contributed by atoms with Crippen LogP contribution in [0.25, 0.3) is 0 Å². The number of ether oxygens (including phenoxy) is 3. The van der Waals surface area contributed by atoms with Gasteiger partial charge in [-0.25, -0.2) is 0 Å². The highest BCUT2D eigenvalue weighted by atomic mass is 16.5. The fourth-order valence-electron chi connectivity index (χ4n) is 2.27. The lowest BCUT2D eigenvalue weighted by Gasteiger charge is -2.12. The minimum Gasteiger partial charge on any atom is -0.491 e. The molecule has 2 rings (SSSR count). The highest BCUT2D eigenvalue weighted by Crippen LogP contribution is 2.28. The summed E-state index contributed by atoms with van der Waals surface area (Å²) < 4.78 is 16.2. The fraction of sp³-hybridized carbons (Fsp3) is 0.632. The average molecular weight is 349 g/mol. The van der Waals surface area contributed by atoms with Gasteiger partial charge in [0.1, 0.15) is 12.4 Å². The number of hydrogen-bond acceptors (Lipinski definition) is 4. The van der Waals surface area contributed by atoms with Crippen LogP contribution in [0.2, 0.25) is 0 Å². The van der Waals surface area contributed by atoms with Crippen molar-refractivity contribution in [2.45, 2.75) is 25.8 Å². The van der Waals surface area contributed by atoms with E-state index in [9.17, 15) is 0 Å². The Labute approximate surface area is 151 Å². The maximum Gasteiger partial charge on any atom is 0.191 e. The van der Waals surface area contributed by atoms with Crippen LogP contribution in [0.3, 0.4) is 0 Å². The molecule has 1 saturated carbocycles. The van der Waals surface area contributed by atoms with E-state index in [0.29, 0.717) is 13.2 Å². The molecule has 0 spiro atoms. The number of benzene rings is 1. The lowest BCUT2D eigenvalue weighted by Crippen LogP contribution is -2.37. The number of nitrogens with one attached hydrogen (secondary N) is 2. The number of rotatable bonds is 12. The third kappa shape index (κ3) is 8.74. The molecule has 1 aromatic carbocycles. The van der Waals surface area contributed by atoms with Crippen LogP contribution in [0.1, 0.15) is 24.8 Å². The van der Waals surface area contributed by atoms with Crippen LogP contribution < -0.4 is 15.4 Å². The number of nitrogens with zero attached hydrogens (tertiary/aromatic N) is 1. The summed E-state index contributed by atoms with van der Waals surface area (Å²) in [6, 6.07) is 8.04. The zero-order valence-electron chi connectivity index (χ0n) is 15.4. The fourth-order valence-corrected chi connectivity index (χ4v) is 2.27. The van der Waals surface area contributed by atoms with Gasteiger partial charge in [0.25, 0.3) is 0 Å². The molecule has 0 bridgehead atoms. The smallest absolute Gasteiger partial charge is 0.191 e. The van der Waals surface area contributed by atoms with E-state index in [1.807, 2.05) is 24.3 Å². The Hall–Kier alpha value is -1.79. The van der Waals surface area contributed by atoms with E-state index in [-0.39, 0.29) is 0 Å². The first-order valence-corrected chi connectivity index (χ1v) is 9.04. The Kier molecular flexibility index (Phi) is 9.15. The van der Waals surface area contributed by atoms with Crippen molar-refractivity contribution in [1.29, 1.82) is 0 Å². The van der Waals surface area contributed by atoms with Gasteiger partial charge in [-0.3, -0.25) is 4.99 Å². The van der Waals surface area contributed by atoms with Gasteiger partial charge in [-0.1, -0.05) is 12.1 Å². The van der Waals surface area contributed by atoms with E-state index in [0.717, 1.165) is 50.4 Å².